The van der Waals surface area contributed by atoms with Gasteiger partial charge in [-0.2, -0.15) is 0 Å². The van der Waals surface area contributed by atoms with E-state index < -0.39 is 0 Å². The Morgan fingerprint density at radius 2 is 2.14 bits per heavy atom. The largest absolute Gasteiger partial charge is 0.384 e. The highest BCUT2D eigenvalue weighted by molar-refractivity contribution is 6.19. The van der Waals surface area contributed by atoms with Gasteiger partial charge in [0.2, 0.25) is 0 Å². The molecule has 0 aromatic rings. The first kappa shape index (κ1) is 12.0. The third-order valence-corrected chi connectivity index (χ3v) is 3.12. The summed E-state index contributed by atoms with van der Waals surface area (Å²) in [5.41, 5.74) is 1.12. The van der Waals surface area contributed by atoms with Gasteiger partial charge in [-0.1, -0.05) is 6.58 Å². The van der Waals surface area contributed by atoms with Gasteiger partial charge in [-0.15, -0.1) is 11.6 Å². The summed E-state index contributed by atoms with van der Waals surface area (Å²) < 4.78 is 5.16. The van der Waals surface area contributed by atoms with Gasteiger partial charge in [-0.05, 0) is 37.4 Å². The summed E-state index contributed by atoms with van der Waals surface area (Å²) in [7, 11) is 1.78. The summed E-state index contributed by atoms with van der Waals surface area (Å²) in [4.78, 5) is 2.43. The Kier molecular flexibility index (Phi) is 5.53. The Morgan fingerprint density at radius 1 is 1.50 bits per heavy atom. The average molecular weight is 218 g/mol. The minimum Gasteiger partial charge on any atom is -0.384 e. The second kappa shape index (κ2) is 6.44. The zero-order chi connectivity index (χ0) is 10.4. The van der Waals surface area contributed by atoms with Gasteiger partial charge >= 0.3 is 0 Å². The van der Waals surface area contributed by atoms with E-state index in [-0.39, 0.29) is 0 Å². The van der Waals surface area contributed by atoms with Crippen molar-refractivity contribution in [3.63, 3.8) is 0 Å². The topological polar surface area (TPSA) is 12.5 Å². The molecule has 0 aromatic carbocycles. The first-order valence-electron chi connectivity index (χ1n) is 5.20. The van der Waals surface area contributed by atoms with Crippen LogP contribution in [0, 0.1) is 5.92 Å². The van der Waals surface area contributed by atoms with Crippen LogP contribution < -0.4 is 0 Å². The second-order valence-corrected chi connectivity index (χ2v) is 4.33. The molecule has 0 saturated carbocycles. The van der Waals surface area contributed by atoms with Crippen molar-refractivity contribution in [3.8, 4) is 0 Å². The predicted octanol–water partition coefficient (Wildman–Crippen LogP) is 2.14. The number of likely N-dealkylation sites (tertiary alicyclic amines) is 1. The van der Waals surface area contributed by atoms with E-state index in [1.165, 1.54) is 12.8 Å². The van der Waals surface area contributed by atoms with Gasteiger partial charge in [0.25, 0.3) is 0 Å². The summed E-state index contributed by atoms with van der Waals surface area (Å²) in [5.74, 6) is 1.33. The van der Waals surface area contributed by atoms with Crippen molar-refractivity contribution in [1.29, 1.82) is 0 Å². The molecule has 1 aliphatic heterocycles. The van der Waals surface area contributed by atoms with Crippen LogP contribution in [0.5, 0.6) is 0 Å². The number of rotatable bonds is 5. The zero-order valence-electron chi connectivity index (χ0n) is 8.97. The third-order valence-electron chi connectivity index (χ3n) is 2.75. The Bertz CT molecular complexity index is 176. The first-order chi connectivity index (χ1) is 6.76. The van der Waals surface area contributed by atoms with Crippen molar-refractivity contribution in [2.45, 2.75) is 12.8 Å². The smallest absolute Gasteiger partial charge is 0.0491 e. The molecule has 3 heteroatoms. The van der Waals surface area contributed by atoms with Crippen LogP contribution in [0.4, 0.5) is 0 Å². The molecule has 82 valence electrons. The maximum atomic E-state index is 5.70. The average Bonchev–Trinajstić information content (AvgIpc) is 2.21. The van der Waals surface area contributed by atoms with Crippen LogP contribution in [0.1, 0.15) is 12.8 Å². The molecule has 1 aliphatic rings. The quantitative estimate of drug-likeness (QED) is 0.517. The molecule has 0 spiro atoms. The maximum Gasteiger partial charge on any atom is 0.0491 e. The fourth-order valence-electron chi connectivity index (χ4n) is 1.91. The minimum atomic E-state index is 0.581. The van der Waals surface area contributed by atoms with Gasteiger partial charge < -0.3 is 4.74 Å². The van der Waals surface area contributed by atoms with Gasteiger partial charge in [0, 0.05) is 26.1 Å². The Labute approximate surface area is 91.9 Å². The van der Waals surface area contributed by atoms with Crippen LogP contribution in [0.2, 0.25) is 0 Å². The van der Waals surface area contributed by atoms with E-state index in [2.05, 4.69) is 11.5 Å². The van der Waals surface area contributed by atoms with Gasteiger partial charge in [0.15, 0.2) is 0 Å². The van der Waals surface area contributed by atoms with E-state index in [0.29, 0.717) is 5.88 Å². The summed E-state index contributed by atoms with van der Waals surface area (Å²) in [5, 5.41) is 0. The zero-order valence-corrected chi connectivity index (χ0v) is 9.72. The third kappa shape index (κ3) is 3.99. The van der Waals surface area contributed by atoms with Gasteiger partial charge in [-0.3, -0.25) is 4.90 Å². The van der Waals surface area contributed by atoms with E-state index in [9.17, 15) is 0 Å². The number of hydrogen-bond donors (Lipinski definition) is 0. The molecule has 1 fully saturated rings. The molecule has 0 bridgehead atoms. The summed E-state index contributed by atoms with van der Waals surface area (Å²) in [6.45, 7) is 8.11. The normalized spacial score (nSPS) is 19.9. The molecule has 0 N–H and O–H groups in total. The van der Waals surface area contributed by atoms with Crippen molar-refractivity contribution < 1.29 is 4.74 Å². The maximum absolute atomic E-state index is 5.70. The number of halogens is 1. The molecule has 0 unspecified atom stereocenters. The molecular weight excluding hydrogens is 198 g/mol. The monoisotopic (exact) mass is 217 g/mol. The van der Waals surface area contributed by atoms with E-state index in [0.717, 1.165) is 37.7 Å². The summed E-state index contributed by atoms with van der Waals surface area (Å²) >= 11 is 5.70. The lowest BCUT2D eigenvalue weighted by Crippen LogP contribution is -2.36. The number of piperidine rings is 1. The van der Waals surface area contributed by atoms with Crippen LogP contribution in [0.25, 0.3) is 0 Å². The highest BCUT2D eigenvalue weighted by atomic mass is 35.5. The highest BCUT2D eigenvalue weighted by Gasteiger charge is 2.18. The molecule has 2 nitrogen and oxygen atoms in total. The standard InChI is InChI=1S/C11H20ClNO/c1-10(7-12)8-13-5-3-11(4-6-13)9-14-2/h11H,1,3-9H2,2H3. The van der Waals surface area contributed by atoms with Crippen LogP contribution in [0.3, 0.4) is 0 Å². The van der Waals surface area contributed by atoms with Crippen LogP contribution in [0.15, 0.2) is 12.2 Å². The number of hydrogen-bond acceptors (Lipinski definition) is 2. The molecule has 0 aromatic heterocycles. The summed E-state index contributed by atoms with van der Waals surface area (Å²) in [6.07, 6.45) is 2.48. The number of ether oxygens (including phenoxy) is 1. The van der Waals surface area contributed by atoms with Crippen molar-refractivity contribution in [2.24, 2.45) is 5.92 Å². The molecule has 0 amide bonds. The van der Waals surface area contributed by atoms with Gasteiger partial charge in [0.05, 0.1) is 0 Å². The fraction of sp³-hybridized carbons (Fsp3) is 0.818. The molecule has 0 atom stereocenters. The highest BCUT2D eigenvalue weighted by Crippen LogP contribution is 2.17. The lowest BCUT2D eigenvalue weighted by Gasteiger charge is -2.31. The van der Waals surface area contributed by atoms with E-state index in [4.69, 9.17) is 16.3 Å². The summed E-state index contributed by atoms with van der Waals surface area (Å²) in [6, 6.07) is 0. The van der Waals surface area contributed by atoms with Crippen molar-refractivity contribution in [1.82, 2.24) is 4.90 Å². The Hall–Kier alpha value is -0.0500. The van der Waals surface area contributed by atoms with Crippen molar-refractivity contribution in [2.75, 3.05) is 39.2 Å². The number of alkyl halides is 1. The minimum absolute atomic E-state index is 0.581. The lowest BCUT2D eigenvalue weighted by atomic mass is 9.97. The lowest BCUT2D eigenvalue weighted by molar-refractivity contribution is 0.103. The molecule has 14 heavy (non-hydrogen) atoms. The Balaban J connectivity index is 2.18. The molecular formula is C11H20ClNO. The van der Waals surface area contributed by atoms with Crippen molar-refractivity contribution >= 4 is 11.6 Å². The molecule has 1 heterocycles. The molecule has 1 saturated heterocycles. The molecule has 0 radical (unpaired) electrons. The van der Waals surface area contributed by atoms with Crippen LogP contribution in [-0.2, 0) is 4.74 Å². The van der Waals surface area contributed by atoms with Gasteiger partial charge in [-0.25, -0.2) is 0 Å². The Morgan fingerprint density at radius 3 is 2.64 bits per heavy atom. The van der Waals surface area contributed by atoms with Crippen LogP contribution in [-0.4, -0.2) is 44.1 Å². The van der Waals surface area contributed by atoms with E-state index >= 15 is 0 Å². The predicted molar refractivity (Wildman–Crippen MR) is 60.9 cm³/mol. The van der Waals surface area contributed by atoms with Crippen LogP contribution >= 0.6 is 11.6 Å². The molecule has 0 aliphatic carbocycles. The van der Waals surface area contributed by atoms with E-state index in [1.807, 2.05) is 0 Å². The van der Waals surface area contributed by atoms with Gasteiger partial charge in [0.1, 0.15) is 0 Å². The fourth-order valence-corrected chi connectivity index (χ4v) is 1.99. The van der Waals surface area contributed by atoms with Crippen molar-refractivity contribution in [3.05, 3.63) is 12.2 Å². The second-order valence-electron chi connectivity index (χ2n) is 4.06. The SMILES string of the molecule is C=C(CCl)CN1CCC(COC)CC1. The number of nitrogens with zero attached hydrogens (tertiary/aromatic N) is 1. The molecule has 1 rings (SSSR count). The van der Waals surface area contributed by atoms with E-state index in [1.54, 1.807) is 7.11 Å². The first-order valence-corrected chi connectivity index (χ1v) is 5.73. The number of methoxy groups -OCH3 is 1.